The first-order valence-electron chi connectivity index (χ1n) is 7.23. The SMILES string of the molecule is Cc1cc(-c2ccc(N(C)C)cc2)c(N(N)F)c(C)c1C(F)(F)F. The van der Waals surface area contributed by atoms with Crippen LogP contribution in [-0.2, 0) is 6.18 Å². The number of nitrogens with zero attached hydrogens (tertiary/aromatic N) is 2. The van der Waals surface area contributed by atoms with Gasteiger partial charge in [-0.1, -0.05) is 16.6 Å². The number of benzene rings is 2. The second-order valence-corrected chi connectivity index (χ2v) is 5.84. The molecule has 7 heteroatoms. The van der Waals surface area contributed by atoms with Gasteiger partial charge in [-0.05, 0) is 48.7 Å². The molecule has 0 atom stereocenters. The summed E-state index contributed by atoms with van der Waals surface area (Å²) in [7, 11) is 3.74. The zero-order valence-corrected chi connectivity index (χ0v) is 13.9. The van der Waals surface area contributed by atoms with Crippen molar-refractivity contribution in [1.82, 2.24) is 0 Å². The normalized spacial score (nSPS) is 11.5. The Morgan fingerprint density at radius 2 is 1.54 bits per heavy atom. The number of hydrogen-bond donors (Lipinski definition) is 1. The van der Waals surface area contributed by atoms with Gasteiger partial charge in [0.25, 0.3) is 0 Å². The molecule has 0 fully saturated rings. The smallest absolute Gasteiger partial charge is 0.378 e. The summed E-state index contributed by atoms with van der Waals surface area (Å²) in [4.78, 5) is 1.89. The lowest BCUT2D eigenvalue weighted by atomic mass is 9.92. The first-order valence-corrected chi connectivity index (χ1v) is 7.23. The molecule has 130 valence electrons. The van der Waals surface area contributed by atoms with E-state index in [0.717, 1.165) is 5.69 Å². The van der Waals surface area contributed by atoms with Gasteiger partial charge in [-0.25, -0.2) is 5.84 Å². The third kappa shape index (κ3) is 3.31. The van der Waals surface area contributed by atoms with E-state index in [1.165, 1.54) is 19.9 Å². The molecular weight excluding hydrogens is 322 g/mol. The predicted molar refractivity (Wildman–Crippen MR) is 88.5 cm³/mol. The Hall–Kier alpha value is -2.28. The van der Waals surface area contributed by atoms with E-state index in [9.17, 15) is 17.7 Å². The average molecular weight is 341 g/mol. The predicted octanol–water partition coefficient (Wildman–Crippen LogP) is 4.62. The molecule has 0 bridgehead atoms. The molecule has 0 saturated heterocycles. The van der Waals surface area contributed by atoms with Crippen LogP contribution in [0.5, 0.6) is 0 Å². The van der Waals surface area contributed by atoms with Crippen LogP contribution in [0.25, 0.3) is 11.1 Å². The molecule has 0 aromatic heterocycles. The zero-order valence-electron chi connectivity index (χ0n) is 13.9. The molecule has 0 aliphatic carbocycles. The molecule has 0 unspecified atom stereocenters. The van der Waals surface area contributed by atoms with E-state index in [-0.39, 0.29) is 22.0 Å². The molecule has 0 aliphatic rings. The Morgan fingerprint density at radius 3 is 1.96 bits per heavy atom. The van der Waals surface area contributed by atoms with Gasteiger partial charge in [-0.15, -0.1) is 5.23 Å². The maximum atomic E-state index is 13.8. The van der Waals surface area contributed by atoms with Crippen LogP contribution in [0.2, 0.25) is 0 Å². The molecular formula is C17H19F4N3. The lowest BCUT2D eigenvalue weighted by Gasteiger charge is -2.22. The molecule has 0 heterocycles. The Bertz CT molecular complexity index is 735. The van der Waals surface area contributed by atoms with E-state index in [1.54, 1.807) is 24.3 Å². The van der Waals surface area contributed by atoms with Crippen molar-refractivity contribution in [2.24, 2.45) is 5.84 Å². The van der Waals surface area contributed by atoms with Gasteiger partial charge in [0.15, 0.2) is 0 Å². The van der Waals surface area contributed by atoms with Gasteiger partial charge in [0.2, 0.25) is 0 Å². The highest BCUT2D eigenvalue weighted by Gasteiger charge is 2.36. The monoisotopic (exact) mass is 341 g/mol. The van der Waals surface area contributed by atoms with Crippen molar-refractivity contribution in [3.8, 4) is 11.1 Å². The van der Waals surface area contributed by atoms with E-state index in [1.807, 2.05) is 19.0 Å². The van der Waals surface area contributed by atoms with Crippen molar-refractivity contribution in [3.05, 3.63) is 47.0 Å². The molecule has 2 N–H and O–H groups in total. The van der Waals surface area contributed by atoms with Gasteiger partial charge in [-0.3, -0.25) is 0 Å². The molecule has 0 spiro atoms. The second kappa shape index (κ2) is 6.32. The number of nitrogens with two attached hydrogens (primary N) is 1. The van der Waals surface area contributed by atoms with E-state index < -0.39 is 11.7 Å². The molecule has 24 heavy (non-hydrogen) atoms. The minimum absolute atomic E-state index is 0.0253. The lowest BCUT2D eigenvalue weighted by Crippen LogP contribution is -2.24. The number of hydrogen-bond acceptors (Lipinski definition) is 3. The summed E-state index contributed by atoms with van der Waals surface area (Å²) in [5.74, 6) is 5.18. The molecule has 2 rings (SSSR count). The van der Waals surface area contributed by atoms with E-state index in [0.29, 0.717) is 11.1 Å². The number of alkyl halides is 3. The minimum atomic E-state index is -4.58. The maximum Gasteiger partial charge on any atom is 0.416 e. The fraction of sp³-hybridized carbons (Fsp3) is 0.294. The van der Waals surface area contributed by atoms with Gasteiger partial charge in [0, 0.05) is 25.3 Å². The first kappa shape index (κ1) is 18.1. The molecule has 0 radical (unpaired) electrons. The minimum Gasteiger partial charge on any atom is -0.378 e. The van der Waals surface area contributed by atoms with Gasteiger partial charge < -0.3 is 4.90 Å². The Morgan fingerprint density at radius 1 is 1.00 bits per heavy atom. The van der Waals surface area contributed by atoms with Crippen molar-refractivity contribution in [2.45, 2.75) is 20.0 Å². The summed E-state index contributed by atoms with van der Waals surface area (Å²) in [5.41, 5.74) is 0.462. The van der Waals surface area contributed by atoms with E-state index in [4.69, 9.17) is 5.84 Å². The van der Waals surface area contributed by atoms with Gasteiger partial charge in [-0.2, -0.15) is 13.2 Å². The van der Waals surface area contributed by atoms with Crippen molar-refractivity contribution in [2.75, 3.05) is 24.2 Å². The molecule has 0 saturated carbocycles. The summed E-state index contributed by atoms with van der Waals surface area (Å²) in [6.07, 6.45) is -4.58. The zero-order chi connectivity index (χ0) is 18.2. The Kier molecular flexibility index (Phi) is 4.75. The van der Waals surface area contributed by atoms with Crippen LogP contribution in [-0.4, -0.2) is 14.1 Å². The highest BCUT2D eigenvalue weighted by atomic mass is 19.4. The average Bonchev–Trinajstić information content (AvgIpc) is 2.44. The van der Waals surface area contributed by atoms with Crippen molar-refractivity contribution >= 4 is 11.4 Å². The summed E-state index contributed by atoms with van der Waals surface area (Å²) < 4.78 is 53.5. The molecule has 0 amide bonds. The van der Waals surface area contributed by atoms with Gasteiger partial charge in [0.1, 0.15) is 0 Å². The highest BCUT2D eigenvalue weighted by Crippen LogP contribution is 2.43. The van der Waals surface area contributed by atoms with Crippen LogP contribution in [0.15, 0.2) is 30.3 Å². The van der Waals surface area contributed by atoms with Crippen LogP contribution in [0.4, 0.5) is 29.0 Å². The molecule has 2 aromatic rings. The molecule has 2 aromatic carbocycles. The Balaban J connectivity index is 2.70. The third-order valence-electron chi connectivity index (χ3n) is 3.93. The standard InChI is InChI=1S/C17H19F4N3/c1-10-9-14(12-5-7-13(8-6-12)23(3)4)16(24(21)22)11(2)15(10)17(18,19)20/h5-9H,22H2,1-4H3. The first-order chi connectivity index (χ1) is 11.0. The highest BCUT2D eigenvalue weighted by molar-refractivity contribution is 5.82. The summed E-state index contributed by atoms with van der Waals surface area (Å²) >= 11 is 0. The molecule has 3 nitrogen and oxygen atoms in total. The summed E-state index contributed by atoms with van der Waals surface area (Å²) in [5, 5.41) is -0.251. The summed E-state index contributed by atoms with van der Waals surface area (Å²) in [6.45, 7) is 2.58. The van der Waals surface area contributed by atoms with Crippen molar-refractivity contribution in [1.29, 1.82) is 0 Å². The van der Waals surface area contributed by atoms with Crippen LogP contribution in [0.1, 0.15) is 16.7 Å². The largest absolute Gasteiger partial charge is 0.416 e. The Labute approximate surface area is 138 Å². The van der Waals surface area contributed by atoms with Gasteiger partial charge in [0.05, 0.1) is 11.3 Å². The van der Waals surface area contributed by atoms with Crippen LogP contribution >= 0.6 is 0 Å². The maximum absolute atomic E-state index is 13.8. The third-order valence-corrected chi connectivity index (χ3v) is 3.93. The number of anilines is 2. The number of halogens is 4. The fourth-order valence-corrected chi connectivity index (χ4v) is 2.84. The molecule has 0 aliphatic heterocycles. The quantitative estimate of drug-likeness (QED) is 0.383. The van der Waals surface area contributed by atoms with Gasteiger partial charge >= 0.3 is 6.18 Å². The number of rotatable bonds is 3. The number of aryl methyl sites for hydroxylation is 1. The van der Waals surface area contributed by atoms with Crippen LogP contribution in [0.3, 0.4) is 0 Å². The second-order valence-electron chi connectivity index (χ2n) is 5.84. The van der Waals surface area contributed by atoms with Crippen LogP contribution < -0.4 is 16.0 Å². The fourth-order valence-electron chi connectivity index (χ4n) is 2.84. The van der Waals surface area contributed by atoms with E-state index >= 15 is 0 Å². The van der Waals surface area contributed by atoms with Crippen molar-refractivity contribution in [3.63, 3.8) is 0 Å². The van der Waals surface area contributed by atoms with E-state index in [2.05, 4.69) is 0 Å². The topological polar surface area (TPSA) is 32.5 Å². The summed E-state index contributed by atoms with van der Waals surface area (Å²) in [6, 6.07) is 8.38. The van der Waals surface area contributed by atoms with Crippen LogP contribution in [0, 0.1) is 13.8 Å². The lowest BCUT2D eigenvalue weighted by molar-refractivity contribution is -0.138. The van der Waals surface area contributed by atoms with Crippen molar-refractivity contribution < 1.29 is 17.7 Å². The number of hydrazine groups is 1.